The molecule has 0 bridgehead atoms. The number of nitrogens with zero attached hydrogens (tertiary/aromatic N) is 2. The number of carbonyl (C=O) groups is 1. The van der Waals surface area contributed by atoms with Crippen LogP contribution in [-0.2, 0) is 4.79 Å². The molecule has 0 radical (unpaired) electrons. The first-order chi connectivity index (χ1) is 12.1. The highest BCUT2D eigenvalue weighted by atomic mass is 16.5. The van der Waals surface area contributed by atoms with Gasteiger partial charge in [0.1, 0.15) is 5.75 Å². The van der Waals surface area contributed by atoms with Crippen molar-refractivity contribution in [2.24, 2.45) is 5.92 Å². The lowest BCUT2D eigenvalue weighted by Crippen LogP contribution is -2.39. The van der Waals surface area contributed by atoms with E-state index in [0.717, 1.165) is 35.8 Å². The molecular formula is C20H24N2O3. The number of hydrogen-bond donors (Lipinski definition) is 1. The predicted octanol–water partition coefficient (Wildman–Crippen LogP) is 3.28. The molecule has 1 aliphatic heterocycles. The molecule has 0 amide bonds. The molecule has 25 heavy (non-hydrogen) atoms. The molecule has 1 aromatic carbocycles. The summed E-state index contributed by atoms with van der Waals surface area (Å²) in [5.41, 5.74) is 3.13. The number of likely N-dealkylation sites (tertiary alicyclic amines) is 1. The molecule has 5 nitrogen and oxygen atoms in total. The Morgan fingerprint density at radius 3 is 2.44 bits per heavy atom. The number of pyridine rings is 1. The van der Waals surface area contributed by atoms with Crippen molar-refractivity contribution >= 4 is 5.97 Å². The largest absolute Gasteiger partial charge is 0.497 e. The number of aromatic nitrogens is 1. The molecule has 132 valence electrons. The second-order valence-electron chi connectivity index (χ2n) is 6.53. The third-order valence-electron chi connectivity index (χ3n) is 4.87. The van der Waals surface area contributed by atoms with Crippen molar-refractivity contribution in [1.29, 1.82) is 0 Å². The Hall–Kier alpha value is -2.40. The Kier molecular flexibility index (Phi) is 5.34. The van der Waals surface area contributed by atoms with E-state index in [-0.39, 0.29) is 12.0 Å². The summed E-state index contributed by atoms with van der Waals surface area (Å²) < 4.78 is 5.27. The van der Waals surface area contributed by atoms with Crippen LogP contribution in [0, 0.1) is 12.8 Å². The molecule has 0 aliphatic carbocycles. The van der Waals surface area contributed by atoms with Crippen LogP contribution in [0.25, 0.3) is 0 Å². The van der Waals surface area contributed by atoms with Gasteiger partial charge in [-0.15, -0.1) is 0 Å². The van der Waals surface area contributed by atoms with E-state index in [1.165, 1.54) is 0 Å². The molecule has 1 N–H and O–H groups in total. The van der Waals surface area contributed by atoms with E-state index in [0.29, 0.717) is 12.8 Å². The zero-order chi connectivity index (χ0) is 17.8. The van der Waals surface area contributed by atoms with Gasteiger partial charge >= 0.3 is 5.97 Å². The van der Waals surface area contributed by atoms with Crippen molar-refractivity contribution in [3.05, 3.63) is 59.4 Å². The number of rotatable bonds is 5. The number of hydrogen-bond acceptors (Lipinski definition) is 4. The minimum atomic E-state index is -0.686. The summed E-state index contributed by atoms with van der Waals surface area (Å²) in [6.07, 6.45) is 1.35. The van der Waals surface area contributed by atoms with Crippen molar-refractivity contribution in [2.75, 3.05) is 20.2 Å². The molecule has 0 spiro atoms. The summed E-state index contributed by atoms with van der Waals surface area (Å²) in [5.74, 6) is -0.100. The maximum Gasteiger partial charge on any atom is 0.306 e. The van der Waals surface area contributed by atoms with E-state index < -0.39 is 5.97 Å². The molecular weight excluding hydrogens is 316 g/mol. The molecule has 1 aromatic heterocycles. The molecule has 0 saturated carbocycles. The smallest absolute Gasteiger partial charge is 0.306 e. The van der Waals surface area contributed by atoms with E-state index in [1.54, 1.807) is 7.11 Å². The number of carboxylic acid groups (broad SMARTS) is 1. The highest BCUT2D eigenvalue weighted by molar-refractivity contribution is 5.70. The Morgan fingerprint density at radius 1 is 1.20 bits per heavy atom. The topological polar surface area (TPSA) is 62.7 Å². The molecule has 2 heterocycles. The number of ether oxygens (including phenoxy) is 1. The van der Waals surface area contributed by atoms with Gasteiger partial charge < -0.3 is 9.84 Å². The van der Waals surface area contributed by atoms with E-state index in [1.807, 2.05) is 37.3 Å². The van der Waals surface area contributed by atoms with E-state index in [4.69, 9.17) is 9.72 Å². The first kappa shape index (κ1) is 17.4. The Morgan fingerprint density at radius 2 is 1.88 bits per heavy atom. The fraction of sp³-hybridized carbons (Fsp3) is 0.400. The van der Waals surface area contributed by atoms with Gasteiger partial charge in [-0.1, -0.05) is 18.2 Å². The Balaban J connectivity index is 1.90. The molecule has 1 atom stereocenters. The van der Waals surface area contributed by atoms with Crippen LogP contribution in [0.4, 0.5) is 0 Å². The molecule has 1 fully saturated rings. The lowest BCUT2D eigenvalue weighted by Gasteiger charge is -2.36. The second kappa shape index (κ2) is 7.66. The van der Waals surface area contributed by atoms with Crippen molar-refractivity contribution in [1.82, 2.24) is 9.88 Å². The van der Waals surface area contributed by atoms with Crippen molar-refractivity contribution < 1.29 is 14.6 Å². The summed E-state index contributed by atoms with van der Waals surface area (Å²) in [7, 11) is 1.66. The summed E-state index contributed by atoms with van der Waals surface area (Å²) in [5, 5.41) is 9.25. The van der Waals surface area contributed by atoms with Gasteiger partial charge in [0.2, 0.25) is 0 Å². The summed E-state index contributed by atoms with van der Waals surface area (Å²) in [4.78, 5) is 18.3. The van der Waals surface area contributed by atoms with E-state index >= 15 is 0 Å². The first-order valence-electron chi connectivity index (χ1n) is 8.63. The standard InChI is InChI=1S/C20H24N2O3/c1-14-4-3-5-18(21-14)19(15-6-8-17(25-2)9-7-15)22-12-10-16(11-13-22)20(23)24/h3-9,16,19H,10-13H2,1-2H3,(H,23,24). The van der Waals surface area contributed by atoms with Gasteiger partial charge in [-0.2, -0.15) is 0 Å². The number of methoxy groups -OCH3 is 1. The predicted molar refractivity (Wildman–Crippen MR) is 95.7 cm³/mol. The minimum Gasteiger partial charge on any atom is -0.497 e. The Labute approximate surface area is 148 Å². The van der Waals surface area contributed by atoms with Crippen LogP contribution in [0.3, 0.4) is 0 Å². The van der Waals surface area contributed by atoms with Gasteiger partial charge in [-0.05, 0) is 62.7 Å². The van der Waals surface area contributed by atoms with Gasteiger partial charge in [0.15, 0.2) is 0 Å². The highest BCUT2D eigenvalue weighted by Gasteiger charge is 2.30. The van der Waals surface area contributed by atoms with Gasteiger partial charge in [0.25, 0.3) is 0 Å². The van der Waals surface area contributed by atoms with Crippen LogP contribution in [0.2, 0.25) is 0 Å². The fourth-order valence-electron chi connectivity index (χ4n) is 3.48. The zero-order valence-electron chi connectivity index (χ0n) is 14.7. The molecule has 1 unspecified atom stereocenters. The maximum absolute atomic E-state index is 11.2. The number of carboxylic acids is 1. The monoisotopic (exact) mass is 340 g/mol. The molecule has 5 heteroatoms. The highest BCUT2D eigenvalue weighted by Crippen LogP contribution is 2.32. The van der Waals surface area contributed by atoms with E-state index in [2.05, 4.69) is 17.0 Å². The lowest BCUT2D eigenvalue weighted by atomic mass is 9.93. The molecule has 1 saturated heterocycles. The van der Waals surface area contributed by atoms with Crippen LogP contribution in [0.15, 0.2) is 42.5 Å². The quantitative estimate of drug-likeness (QED) is 0.905. The van der Waals surface area contributed by atoms with Gasteiger partial charge in [-0.3, -0.25) is 14.7 Å². The summed E-state index contributed by atoms with van der Waals surface area (Å²) in [6, 6.07) is 14.1. The molecule has 2 aromatic rings. The number of aryl methyl sites for hydroxylation is 1. The van der Waals surface area contributed by atoms with Gasteiger partial charge in [0.05, 0.1) is 24.8 Å². The van der Waals surface area contributed by atoms with Gasteiger partial charge in [-0.25, -0.2) is 0 Å². The SMILES string of the molecule is COc1ccc(C(c2cccc(C)n2)N2CCC(C(=O)O)CC2)cc1. The van der Waals surface area contributed by atoms with Crippen molar-refractivity contribution in [3.8, 4) is 5.75 Å². The van der Waals surface area contributed by atoms with Crippen molar-refractivity contribution in [3.63, 3.8) is 0 Å². The summed E-state index contributed by atoms with van der Waals surface area (Å²) in [6.45, 7) is 3.50. The van der Waals surface area contributed by atoms with E-state index in [9.17, 15) is 9.90 Å². The third kappa shape index (κ3) is 3.99. The fourth-order valence-corrected chi connectivity index (χ4v) is 3.48. The van der Waals surface area contributed by atoms with Gasteiger partial charge in [0, 0.05) is 5.69 Å². The van der Waals surface area contributed by atoms with Crippen LogP contribution in [0.1, 0.15) is 35.8 Å². The zero-order valence-corrected chi connectivity index (χ0v) is 14.7. The molecule has 3 rings (SSSR count). The number of aliphatic carboxylic acids is 1. The van der Waals surface area contributed by atoms with Crippen molar-refractivity contribution in [2.45, 2.75) is 25.8 Å². The van der Waals surface area contributed by atoms with Crippen LogP contribution < -0.4 is 4.74 Å². The third-order valence-corrected chi connectivity index (χ3v) is 4.87. The summed E-state index contributed by atoms with van der Waals surface area (Å²) >= 11 is 0. The first-order valence-corrected chi connectivity index (χ1v) is 8.63. The van der Waals surface area contributed by atoms with Crippen LogP contribution >= 0.6 is 0 Å². The molecule has 1 aliphatic rings. The average Bonchev–Trinajstić information content (AvgIpc) is 2.63. The Bertz CT molecular complexity index is 722. The minimum absolute atomic E-state index is 0.0283. The average molecular weight is 340 g/mol. The van der Waals surface area contributed by atoms with Crippen LogP contribution in [-0.4, -0.2) is 41.2 Å². The second-order valence-corrected chi connectivity index (χ2v) is 6.53. The number of piperidine rings is 1. The maximum atomic E-state index is 11.2. The normalized spacial score (nSPS) is 17.2. The van der Waals surface area contributed by atoms with Crippen LogP contribution in [0.5, 0.6) is 5.75 Å². The number of benzene rings is 1. The lowest BCUT2D eigenvalue weighted by molar-refractivity contribution is -0.143.